The van der Waals surface area contributed by atoms with Crippen LogP contribution in [-0.2, 0) is 7.05 Å². The molecule has 6 heteroatoms. The summed E-state index contributed by atoms with van der Waals surface area (Å²) in [6.45, 7) is 0. The Morgan fingerprint density at radius 1 is 0.871 bits per heavy atom. The molecule has 5 rings (SSSR count). The molecule has 0 aliphatic rings. The van der Waals surface area contributed by atoms with Crippen LogP contribution in [0.2, 0.25) is 0 Å². The van der Waals surface area contributed by atoms with Crippen molar-refractivity contribution < 1.29 is 4.42 Å². The predicted octanol–water partition coefficient (Wildman–Crippen LogP) is 5.33. The molecule has 31 heavy (non-hydrogen) atoms. The minimum atomic E-state index is 0.447. The average Bonchev–Trinajstić information content (AvgIpc) is 3.41. The van der Waals surface area contributed by atoms with Crippen LogP contribution in [0.5, 0.6) is 0 Å². The highest BCUT2D eigenvalue weighted by Gasteiger charge is 2.11. The quantitative estimate of drug-likeness (QED) is 0.379. The van der Waals surface area contributed by atoms with Gasteiger partial charge < -0.3 is 4.42 Å². The van der Waals surface area contributed by atoms with E-state index >= 15 is 0 Å². The summed E-state index contributed by atoms with van der Waals surface area (Å²) < 4.78 is 7.31. The van der Waals surface area contributed by atoms with E-state index in [-0.39, 0.29) is 0 Å². The molecular weight excluding hydrogens is 386 g/mol. The van der Waals surface area contributed by atoms with Crippen LogP contribution < -0.4 is 0 Å². The maximum Gasteiger partial charge on any atom is 0.227 e. The molecule has 0 atom stereocenters. The number of rotatable bonds is 4. The predicted molar refractivity (Wildman–Crippen MR) is 120 cm³/mol. The van der Waals surface area contributed by atoms with Gasteiger partial charge in [0.1, 0.15) is 17.3 Å². The van der Waals surface area contributed by atoms with E-state index in [4.69, 9.17) is 4.42 Å². The van der Waals surface area contributed by atoms with Crippen molar-refractivity contribution in [3.63, 3.8) is 0 Å². The van der Waals surface area contributed by atoms with Crippen LogP contribution >= 0.6 is 0 Å². The molecule has 0 amide bonds. The summed E-state index contributed by atoms with van der Waals surface area (Å²) in [6, 6.07) is 25.8. The summed E-state index contributed by atoms with van der Waals surface area (Å²) in [7, 11) is 1.71. The Hall–Kier alpha value is -4.50. The number of aromatic nitrogens is 4. The van der Waals surface area contributed by atoms with E-state index < -0.39 is 0 Å². The van der Waals surface area contributed by atoms with E-state index in [1.165, 1.54) is 4.68 Å². The maximum absolute atomic E-state index is 9.27. The second-order valence-corrected chi connectivity index (χ2v) is 7.09. The lowest BCUT2D eigenvalue weighted by atomic mass is 10.1. The SMILES string of the molecule is Cn1nnc(-c2ccc(C=Cc3ccc(-c4nc5ccccc5o4)cc3)cc2)c1C#N. The van der Waals surface area contributed by atoms with Crippen molar-refractivity contribution in [2.45, 2.75) is 0 Å². The van der Waals surface area contributed by atoms with Crippen molar-refractivity contribution in [1.82, 2.24) is 20.0 Å². The normalized spacial score (nSPS) is 11.2. The van der Waals surface area contributed by atoms with Gasteiger partial charge in [-0.3, -0.25) is 0 Å². The lowest BCUT2D eigenvalue weighted by Gasteiger charge is -2.00. The van der Waals surface area contributed by atoms with Gasteiger partial charge in [0.25, 0.3) is 0 Å². The molecule has 0 fully saturated rings. The summed E-state index contributed by atoms with van der Waals surface area (Å²) in [5.41, 5.74) is 6.61. The molecule has 0 spiro atoms. The topological polar surface area (TPSA) is 80.5 Å². The van der Waals surface area contributed by atoms with Gasteiger partial charge in [-0.1, -0.05) is 65.9 Å². The molecule has 2 heterocycles. The fourth-order valence-corrected chi connectivity index (χ4v) is 3.35. The number of oxazole rings is 1. The van der Waals surface area contributed by atoms with Crippen molar-refractivity contribution in [3.8, 4) is 28.8 Å². The lowest BCUT2D eigenvalue weighted by Crippen LogP contribution is -1.94. The summed E-state index contributed by atoms with van der Waals surface area (Å²) >= 11 is 0. The van der Waals surface area contributed by atoms with Crippen molar-refractivity contribution in [2.75, 3.05) is 0 Å². The van der Waals surface area contributed by atoms with Crippen molar-refractivity contribution in [1.29, 1.82) is 5.26 Å². The van der Waals surface area contributed by atoms with E-state index in [9.17, 15) is 5.26 Å². The first-order valence-electron chi connectivity index (χ1n) is 9.75. The monoisotopic (exact) mass is 403 g/mol. The minimum absolute atomic E-state index is 0.447. The van der Waals surface area contributed by atoms with Gasteiger partial charge in [0.05, 0.1) is 0 Å². The molecule has 0 saturated heterocycles. The maximum atomic E-state index is 9.27. The van der Waals surface area contributed by atoms with Gasteiger partial charge >= 0.3 is 0 Å². The summed E-state index contributed by atoms with van der Waals surface area (Å²) in [5.74, 6) is 0.619. The molecule has 6 nitrogen and oxygen atoms in total. The molecule has 0 aliphatic carbocycles. The van der Waals surface area contributed by atoms with Crippen LogP contribution in [0.15, 0.2) is 77.2 Å². The summed E-state index contributed by atoms with van der Waals surface area (Å²) in [5, 5.41) is 17.3. The molecule has 0 radical (unpaired) electrons. The molecule has 0 saturated carbocycles. The Morgan fingerprint density at radius 3 is 2.16 bits per heavy atom. The van der Waals surface area contributed by atoms with Crippen molar-refractivity contribution >= 4 is 23.3 Å². The molecule has 0 N–H and O–H groups in total. The lowest BCUT2D eigenvalue weighted by molar-refractivity contribution is 0.620. The summed E-state index contributed by atoms with van der Waals surface area (Å²) in [4.78, 5) is 4.54. The van der Waals surface area contributed by atoms with Crippen LogP contribution in [0.3, 0.4) is 0 Å². The van der Waals surface area contributed by atoms with Crippen LogP contribution in [0, 0.1) is 11.3 Å². The molecule has 0 bridgehead atoms. The molecule has 0 aliphatic heterocycles. The van der Waals surface area contributed by atoms with Crippen molar-refractivity contribution in [2.24, 2.45) is 7.05 Å². The zero-order valence-corrected chi connectivity index (χ0v) is 16.7. The van der Waals surface area contributed by atoms with E-state index in [1.807, 2.05) is 84.9 Å². The first-order chi connectivity index (χ1) is 15.2. The van der Waals surface area contributed by atoms with Gasteiger partial charge in [-0.2, -0.15) is 5.26 Å². The molecule has 3 aromatic carbocycles. The third-order valence-corrected chi connectivity index (χ3v) is 5.04. The van der Waals surface area contributed by atoms with E-state index in [0.29, 0.717) is 17.3 Å². The van der Waals surface area contributed by atoms with Crippen LogP contribution in [0.4, 0.5) is 0 Å². The number of hydrogen-bond acceptors (Lipinski definition) is 5. The number of nitriles is 1. The number of benzene rings is 3. The average molecular weight is 403 g/mol. The van der Waals surface area contributed by atoms with E-state index in [1.54, 1.807) is 7.05 Å². The Balaban J connectivity index is 1.33. The smallest absolute Gasteiger partial charge is 0.227 e. The van der Waals surface area contributed by atoms with Crippen LogP contribution in [0.1, 0.15) is 16.8 Å². The molecule has 0 unspecified atom stereocenters. The second kappa shape index (κ2) is 7.73. The molecule has 148 valence electrons. The highest BCUT2D eigenvalue weighted by Crippen LogP contribution is 2.25. The van der Waals surface area contributed by atoms with E-state index in [0.717, 1.165) is 33.4 Å². The molecule has 5 aromatic rings. The van der Waals surface area contributed by atoms with Gasteiger partial charge in [0, 0.05) is 18.2 Å². The Morgan fingerprint density at radius 2 is 1.52 bits per heavy atom. The van der Waals surface area contributed by atoms with Crippen LogP contribution in [0.25, 0.3) is 46.0 Å². The van der Waals surface area contributed by atoms with Gasteiger partial charge in [0.15, 0.2) is 11.3 Å². The number of nitrogens with zero attached hydrogens (tertiary/aromatic N) is 5. The first-order valence-corrected chi connectivity index (χ1v) is 9.75. The Labute approximate surface area is 178 Å². The molecular formula is C25H17N5O. The van der Waals surface area contributed by atoms with Crippen molar-refractivity contribution in [3.05, 3.63) is 89.6 Å². The highest BCUT2D eigenvalue weighted by atomic mass is 16.3. The van der Waals surface area contributed by atoms with Gasteiger partial charge in [-0.15, -0.1) is 5.10 Å². The van der Waals surface area contributed by atoms with Gasteiger partial charge in [0.2, 0.25) is 5.89 Å². The highest BCUT2D eigenvalue weighted by molar-refractivity contribution is 5.77. The zero-order chi connectivity index (χ0) is 21.2. The Kier molecular flexibility index (Phi) is 4.62. The fourth-order valence-electron chi connectivity index (χ4n) is 3.35. The number of aryl methyl sites for hydroxylation is 1. The zero-order valence-electron chi connectivity index (χ0n) is 16.7. The fraction of sp³-hybridized carbons (Fsp3) is 0.0400. The molecule has 2 aromatic heterocycles. The Bertz CT molecular complexity index is 1400. The number of fused-ring (bicyclic) bond motifs is 1. The standard InChI is InChI=1S/C25H17N5O/c1-30-22(16-26)24(28-29-30)19-12-8-17(9-13-19)6-7-18-10-14-20(15-11-18)25-27-21-4-2-3-5-23(21)31-25/h2-15H,1H3. The van der Waals surface area contributed by atoms with Crippen LogP contribution in [-0.4, -0.2) is 20.0 Å². The largest absolute Gasteiger partial charge is 0.436 e. The number of hydrogen-bond donors (Lipinski definition) is 0. The third-order valence-electron chi connectivity index (χ3n) is 5.04. The minimum Gasteiger partial charge on any atom is -0.436 e. The second-order valence-electron chi connectivity index (χ2n) is 7.09. The summed E-state index contributed by atoms with van der Waals surface area (Å²) in [6.07, 6.45) is 4.09. The van der Waals surface area contributed by atoms with E-state index in [2.05, 4.69) is 21.4 Å². The first kappa shape index (κ1) is 18.5. The van der Waals surface area contributed by atoms with Gasteiger partial charge in [-0.05, 0) is 35.4 Å². The number of para-hydroxylation sites is 2. The third kappa shape index (κ3) is 3.61. The van der Waals surface area contributed by atoms with Gasteiger partial charge in [-0.25, -0.2) is 9.67 Å².